The Bertz CT molecular complexity index is 1400. The standard InChI is InChI=1S/C33H32FNO3/c1-23-16-27(32-19-31(37-2)14-15-33(32)34)11-10-26(23)17-24-8-12-28(13-9-24)35-20-30(36)18-29(35)22-38-21-25-6-4-3-5-7-25/h3-16,19,29H,17-18,20-22H2,1-2H3/t29-/m1/s1. The van der Waals surface area contributed by atoms with Crippen LogP contribution in [0.3, 0.4) is 0 Å². The van der Waals surface area contributed by atoms with Crippen LogP contribution in [-0.2, 0) is 22.6 Å². The van der Waals surface area contributed by atoms with Crippen LogP contribution in [0, 0.1) is 12.7 Å². The average Bonchev–Trinajstić information content (AvgIpc) is 3.31. The molecule has 0 bridgehead atoms. The lowest BCUT2D eigenvalue weighted by Gasteiger charge is -2.26. The molecule has 0 spiro atoms. The Kier molecular flexibility index (Phi) is 7.85. The quantitative estimate of drug-likeness (QED) is 0.250. The molecular formula is C33H32FNO3. The van der Waals surface area contributed by atoms with E-state index in [2.05, 4.69) is 42.2 Å². The molecule has 4 aromatic rings. The van der Waals surface area contributed by atoms with Crippen molar-refractivity contribution in [2.75, 3.05) is 25.2 Å². The van der Waals surface area contributed by atoms with Crippen molar-refractivity contribution in [2.45, 2.75) is 32.4 Å². The number of hydrogen-bond acceptors (Lipinski definition) is 4. The Balaban J connectivity index is 1.24. The Morgan fingerprint density at radius 2 is 1.71 bits per heavy atom. The predicted molar refractivity (Wildman–Crippen MR) is 149 cm³/mol. The van der Waals surface area contributed by atoms with Crippen molar-refractivity contribution in [2.24, 2.45) is 0 Å². The molecule has 5 rings (SSSR count). The van der Waals surface area contributed by atoms with E-state index in [4.69, 9.17) is 9.47 Å². The smallest absolute Gasteiger partial charge is 0.154 e. The molecule has 0 radical (unpaired) electrons. The van der Waals surface area contributed by atoms with Crippen LogP contribution in [0.2, 0.25) is 0 Å². The summed E-state index contributed by atoms with van der Waals surface area (Å²) in [7, 11) is 1.58. The maximum absolute atomic E-state index is 14.4. The second-order valence-electron chi connectivity index (χ2n) is 9.86. The number of aryl methyl sites for hydroxylation is 1. The van der Waals surface area contributed by atoms with Crippen LogP contribution in [0.1, 0.15) is 28.7 Å². The Hall–Kier alpha value is -3.96. The molecule has 4 nitrogen and oxygen atoms in total. The highest BCUT2D eigenvalue weighted by Gasteiger charge is 2.30. The summed E-state index contributed by atoms with van der Waals surface area (Å²) in [6, 6.07) is 29.4. The summed E-state index contributed by atoms with van der Waals surface area (Å²) in [5, 5.41) is 0. The van der Waals surface area contributed by atoms with Gasteiger partial charge < -0.3 is 14.4 Å². The first kappa shape index (κ1) is 25.7. The van der Waals surface area contributed by atoms with Gasteiger partial charge in [0, 0.05) is 17.7 Å². The molecule has 1 aliphatic heterocycles. The van der Waals surface area contributed by atoms with E-state index >= 15 is 0 Å². The van der Waals surface area contributed by atoms with Crippen LogP contribution in [0.5, 0.6) is 5.75 Å². The molecule has 1 fully saturated rings. The van der Waals surface area contributed by atoms with Gasteiger partial charge in [-0.05, 0) is 71.5 Å². The first-order chi connectivity index (χ1) is 18.5. The lowest BCUT2D eigenvalue weighted by molar-refractivity contribution is -0.116. The number of halogens is 1. The minimum Gasteiger partial charge on any atom is -0.497 e. The van der Waals surface area contributed by atoms with Crippen LogP contribution in [0.25, 0.3) is 11.1 Å². The van der Waals surface area contributed by atoms with Crippen molar-refractivity contribution in [1.82, 2.24) is 0 Å². The second kappa shape index (κ2) is 11.6. The Morgan fingerprint density at radius 1 is 0.921 bits per heavy atom. The maximum atomic E-state index is 14.4. The number of methoxy groups -OCH3 is 1. The summed E-state index contributed by atoms with van der Waals surface area (Å²) in [5.74, 6) is 0.608. The van der Waals surface area contributed by atoms with E-state index in [9.17, 15) is 9.18 Å². The number of ketones is 1. The van der Waals surface area contributed by atoms with Crippen LogP contribution < -0.4 is 9.64 Å². The number of hydrogen-bond donors (Lipinski definition) is 0. The van der Waals surface area contributed by atoms with Gasteiger partial charge in [0.1, 0.15) is 11.6 Å². The molecule has 194 valence electrons. The van der Waals surface area contributed by atoms with E-state index in [1.807, 2.05) is 42.5 Å². The highest BCUT2D eigenvalue weighted by Crippen LogP contribution is 2.30. The predicted octanol–water partition coefficient (Wildman–Crippen LogP) is 6.77. The monoisotopic (exact) mass is 509 g/mol. The van der Waals surface area contributed by atoms with Crippen molar-refractivity contribution in [3.05, 3.63) is 119 Å². The molecule has 1 heterocycles. The van der Waals surface area contributed by atoms with Crippen molar-refractivity contribution >= 4 is 11.5 Å². The summed E-state index contributed by atoms with van der Waals surface area (Å²) in [6.45, 7) is 3.53. The van der Waals surface area contributed by atoms with E-state index in [0.717, 1.165) is 28.8 Å². The third-order valence-electron chi connectivity index (χ3n) is 7.16. The number of benzene rings is 4. The van der Waals surface area contributed by atoms with Crippen LogP contribution in [0.4, 0.5) is 10.1 Å². The molecule has 0 saturated carbocycles. The molecule has 0 aliphatic carbocycles. The van der Waals surface area contributed by atoms with Gasteiger partial charge in [-0.15, -0.1) is 0 Å². The zero-order chi connectivity index (χ0) is 26.5. The van der Waals surface area contributed by atoms with Gasteiger partial charge in [0.25, 0.3) is 0 Å². The number of nitrogens with zero attached hydrogens (tertiary/aromatic N) is 1. The van der Waals surface area contributed by atoms with Gasteiger partial charge in [-0.2, -0.15) is 0 Å². The fourth-order valence-electron chi connectivity index (χ4n) is 5.03. The summed E-state index contributed by atoms with van der Waals surface area (Å²) in [6.07, 6.45) is 1.28. The molecule has 5 heteroatoms. The lowest BCUT2D eigenvalue weighted by Crippen LogP contribution is -2.33. The summed E-state index contributed by atoms with van der Waals surface area (Å²) >= 11 is 0. The maximum Gasteiger partial charge on any atom is 0.154 e. The van der Waals surface area contributed by atoms with E-state index < -0.39 is 0 Å². The van der Waals surface area contributed by atoms with Gasteiger partial charge >= 0.3 is 0 Å². The topological polar surface area (TPSA) is 38.8 Å². The van der Waals surface area contributed by atoms with E-state index in [-0.39, 0.29) is 17.6 Å². The third kappa shape index (κ3) is 5.95. The van der Waals surface area contributed by atoms with Gasteiger partial charge in [0.2, 0.25) is 0 Å². The minimum absolute atomic E-state index is 0.0452. The van der Waals surface area contributed by atoms with Gasteiger partial charge in [-0.25, -0.2) is 4.39 Å². The zero-order valence-electron chi connectivity index (χ0n) is 21.8. The van der Waals surface area contributed by atoms with Gasteiger partial charge in [-0.1, -0.05) is 60.7 Å². The van der Waals surface area contributed by atoms with Gasteiger partial charge in [0.05, 0.1) is 32.9 Å². The summed E-state index contributed by atoms with van der Waals surface area (Å²) in [5.41, 5.74) is 7.00. The molecule has 1 atom stereocenters. The number of carbonyl (C=O) groups excluding carboxylic acids is 1. The number of ether oxygens (including phenoxy) is 2. The lowest BCUT2D eigenvalue weighted by atomic mass is 9.95. The highest BCUT2D eigenvalue weighted by molar-refractivity contribution is 5.88. The molecule has 0 N–H and O–H groups in total. The molecule has 0 amide bonds. The largest absolute Gasteiger partial charge is 0.497 e. The molecule has 38 heavy (non-hydrogen) atoms. The number of Topliss-reactive ketones (excluding diaryl/α,β-unsaturated/α-hetero) is 1. The molecular weight excluding hydrogens is 477 g/mol. The third-order valence-corrected chi connectivity index (χ3v) is 7.16. The van der Waals surface area contributed by atoms with Crippen LogP contribution >= 0.6 is 0 Å². The summed E-state index contributed by atoms with van der Waals surface area (Å²) in [4.78, 5) is 14.4. The number of carbonyl (C=O) groups is 1. The van der Waals surface area contributed by atoms with Crippen LogP contribution in [0.15, 0.2) is 91.0 Å². The first-order valence-corrected chi connectivity index (χ1v) is 12.9. The molecule has 0 aromatic heterocycles. The fraction of sp³-hybridized carbons (Fsp3) is 0.242. The normalized spacial score (nSPS) is 15.2. The van der Waals surface area contributed by atoms with Crippen molar-refractivity contribution in [3.63, 3.8) is 0 Å². The van der Waals surface area contributed by atoms with Crippen molar-refractivity contribution in [3.8, 4) is 16.9 Å². The molecule has 4 aromatic carbocycles. The van der Waals surface area contributed by atoms with E-state index in [0.29, 0.717) is 37.5 Å². The average molecular weight is 510 g/mol. The number of rotatable bonds is 9. The summed E-state index contributed by atoms with van der Waals surface area (Å²) < 4.78 is 25.7. The highest BCUT2D eigenvalue weighted by atomic mass is 19.1. The Labute approximate surface area is 223 Å². The van der Waals surface area contributed by atoms with Gasteiger partial charge in [-0.3, -0.25) is 4.79 Å². The minimum atomic E-state index is -0.266. The zero-order valence-corrected chi connectivity index (χ0v) is 21.8. The van der Waals surface area contributed by atoms with E-state index in [1.54, 1.807) is 19.2 Å². The van der Waals surface area contributed by atoms with Crippen molar-refractivity contribution in [1.29, 1.82) is 0 Å². The SMILES string of the molecule is COc1ccc(F)c(-c2ccc(Cc3ccc(N4CC(=O)C[C@@H]4COCc4ccccc4)cc3)c(C)c2)c1. The molecule has 1 saturated heterocycles. The fourth-order valence-corrected chi connectivity index (χ4v) is 5.03. The molecule has 0 unspecified atom stereocenters. The Morgan fingerprint density at radius 3 is 2.45 bits per heavy atom. The van der Waals surface area contributed by atoms with E-state index in [1.165, 1.54) is 17.2 Å². The number of anilines is 1. The molecule has 1 aliphatic rings. The first-order valence-electron chi connectivity index (χ1n) is 12.9. The van der Waals surface area contributed by atoms with Gasteiger partial charge in [0.15, 0.2) is 5.78 Å². The van der Waals surface area contributed by atoms with Crippen molar-refractivity contribution < 1.29 is 18.7 Å². The second-order valence-corrected chi connectivity index (χ2v) is 9.86. The van der Waals surface area contributed by atoms with Crippen LogP contribution in [-0.4, -0.2) is 32.1 Å².